The van der Waals surface area contributed by atoms with E-state index in [1.165, 1.54) is 6.33 Å². The first-order valence-corrected chi connectivity index (χ1v) is 5.46. The summed E-state index contributed by atoms with van der Waals surface area (Å²) in [6.45, 7) is 1.95. The number of ether oxygens (including phenoxy) is 2. The number of nitrogens with one attached hydrogen (secondary N) is 1. The Balaban J connectivity index is 1.98. The van der Waals surface area contributed by atoms with Crippen molar-refractivity contribution in [2.75, 3.05) is 32.2 Å². The number of aromatic nitrogens is 2. The van der Waals surface area contributed by atoms with Gasteiger partial charge < -0.3 is 14.8 Å². The summed E-state index contributed by atoms with van der Waals surface area (Å²) < 4.78 is 10.8. The Kier molecular flexibility index (Phi) is 3.58. The third kappa shape index (κ3) is 2.42. The van der Waals surface area contributed by atoms with Crippen molar-refractivity contribution in [1.82, 2.24) is 9.97 Å². The Labute approximate surface area is 99.1 Å². The van der Waals surface area contributed by atoms with Gasteiger partial charge in [0.05, 0.1) is 12.8 Å². The minimum Gasteiger partial charge on any atom is -0.378 e. The number of hydrogen-bond acceptors (Lipinski definition) is 5. The van der Waals surface area contributed by atoms with Crippen molar-refractivity contribution in [3.63, 3.8) is 0 Å². The predicted octanol–water partition coefficient (Wildman–Crippen LogP) is 1.35. The van der Waals surface area contributed by atoms with Crippen LogP contribution in [0.2, 0.25) is 5.02 Å². The van der Waals surface area contributed by atoms with Crippen LogP contribution in [0.4, 0.5) is 5.82 Å². The van der Waals surface area contributed by atoms with Crippen LogP contribution >= 0.6 is 11.6 Å². The summed E-state index contributed by atoms with van der Waals surface area (Å²) in [6.07, 6.45) is 3.89. The van der Waals surface area contributed by atoms with Gasteiger partial charge in [-0.15, -0.1) is 0 Å². The van der Waals surface area contributed by atoms with Gasteiger partial charge in [-0.25, -0.2) is 9.97 Å². The van der Waals surface area contributed by atoms with Crippen LogP contribution in [0, 0.1) is 0 Å². The molecule has 1 atom stereocenters. The molecule has 1 aromatic heterocycles. The van der Waals surface area contributed by atoms with Gasteiger partial charge in [-0.3, -0.25) is 0 Å². The molecule has 88 valence electrons. The van der Waals surface area contributed by atoms with Gasteiger partial charge in [-0.1, -0.05) is 11.6 Å². The van der Waals surface area contributed by atoms with Crippen LogP contribution in [0.25, 0.3) is 0 Å². The maximum atomic E-state index is 5.94. The van der Waals surface area contributed by atoms with Crippen LogP contribution in [0.1, 0.15) is 6.42 Å². The highest BCUT2D eigenvalue weighted by atomic mass is 35.5. The van der Waals surface area contributed by atoms with Crippen molar-refractivity contribution < 1.29 is 9.47 Å². The Bertz CT molecular complexity index is 356. The van der Waals surface area contributed by atoms with Crippen molar-refractivity contribution in [2.45, 2.75) is 12.0 Å². The Morgan fingerprint density at radius 2 is 2.56 bits per heavy atom. The molecule has 0 aliphatic carbocycles. The van der Waals surface area contributed by atoms with Gasteiger partial charge >= 0.3 is 0 Å². The van der Waals surface area contributed by atoms with Crippen LogP contribution in [0.5, 0.6) is 0 Å². The molecule has 1 N–H and O–H groups in total. The summed E-state index contributed by atoms with van der Waals surface area (Å²) in [5.74, 6) is 0.625. The van der Waals surface area contributed by atoms with Crippen LogP contribution in [0.3, 0.4) is 0 Å². The first-order valence-electron chi connectivity index (χ1n) is 5.08. The van der Waals surface area contributed by atoms with Crippen LogP contribution in [0.15, 0.2) is 12.5 Å². The summed E-state index contributed by atoms with van der Waals surface area (Å²) in [4.78, 5) is 7.88. The lowest BCUT2D eigenvalue weighted by Gasteiger charge is -2.26. The maximum absolute atomic E-state index is 5.94. The van der Waals surface area contributed by atoms with Crippen molar-refractivity contribution in [3.8, 4) is 0 Å². The van der Waals surface area contributed by atoms with Crippen LogP contribution < -0.4 is 5.32 Å². The zero-order valence-electron chi connectivity index (χ0n) is 9.07. The number of methoxy groups -OCH3 is 1. The molecule has 2 heterocycles. The molecule has 0 radical (unpaired) electrons. The topological polar surface area (TPSA) is 56.3 Å². The van der Waals surface area contributed by atoms with E-state index in [4.69, 9.17) is 21.1 Å². The Morgan fingerprint density at radius 3 is 3.19 bits per heavy atom. The third-order valence-electron chi connectivity index (χ3n) is 2.75. The second-order valence-corrected chi connectivity index (χ2v) is 4.17. The smallest absolute Gasteiger partial charge is 0.148 e. The van der Waals surface area contributed by atoms with E-state index < -0.39 is 0 Å². The van der Waals surface area contributed by atoms with Crippen molar-refractivity contribution in [3.05, 3.63) is 17.5 Å². The van der Waals surface area contributed by atoms with Crippen molar-refractivity contribution >= 4 is 17.4 Å². The van der Waals surface area contributed by atoms with E-state index in [1.807, 2.05) is 0 Å². The molecule has 0 spiro atoms. The molecule has 0 bridgehead atoms. The van der Waals surface area contributed by atoms with Gasteiger partial charge in [-0.05, 0) is 0 Å². The van der Waals surface area contributed by atoms with E-state index in [1.54, 1.807) is 13.3 Å². The molecule has 0 saturated carbocycles. The molecule has 6 heteroatoms. The van der Waals surface area contributed by atoms with Gasteiger partial charge in [-0.2, -0.15) is 0 Å². The number of nitrogens with zero attached hydrogens (tertiary/aromatic N) is 2. The van der Waals surface area contributed by atoms with Gasteiger partial charge in [0.2, 0.25) is 0 Å². The molecule has 1 aromatic rings. The summed E-state index contributed by atoms with van der Waals surface area (Å²) in [5, 5.41) is 3.67. The van der Waals surface area contributed by atoms with E-state index in [9.17, 15) is 0 Å². The molecule has 1 aliphatic heterocycles. The summed E-state index contributed by atoms with van der Waals surface area (Å²) >= 11 is 5.94. The lowest BCUT2D eigenvalue weighted by Crippen LogP contribution is -2.39. The first kappa shape index (κ1) is 11.6. The Hall–Kier alpha value is -0.910. The molecule has 5 nitrogen and oxygen atoms in total. The van der Waals surface area contributed by atoms with Crippen LogP contribution in [-0.4, -0.2) is 42.4 Å². The van der Waals surface area contributed by atoms with Crippen LogP contribution in [-0.2, 0) is 9.47 Å². The summed E-state index contributed by atoms with van der Waals surface area (Å²) in [7, 11) is 1.69. The zero-order chi connectivity index (χ0) is 11.4. The minimum absolute atomic E-state index is 0.270. The van der Waals surface area contributed by atoms with E-state index in [2.05, 4.69) is 15.3 Å². The molecule has 0 amide bonds. The lowest BCUT2D eigenvalue weighted by molar-refractivity contribution is -0.00625. The highest BCUT2D eigenvalue weighted by Gasteiger charge is 2.34. The highest BCUT2D eigenvalue weighted by Crippen LogP contribution is 2.24. The largest absolute Gasteiger partial charge is 0.378 e. The monoisotopic (exact) mass is 243 g/mol. The summed E-state index contributed by atoms with van der Waals surface area (Å²) in [6, 6.07) is 0. The molecule has 1 saturated heterocycles. The fourth-order valence-electron chi connectivity index (χ4n) is 1.65. The molecule has 1 aliphatic rings. The number of hydrogen-bond donors (Lipinski definition) is 1. The summed E-state index contributed by atoms with van der Waals surface area (Å²) in [5.41, 5.74) is -0.270. The Morgan fingerprint density at radius 1 is 1.69 bits per heavy atom. The highest BCUT2D eigenvalue weighted by molar-refractivity contribution is 6.32. The molecular formula is C10H14ClN3O2. The maximum Gasteiger partial charge on any atom is 0.148 e. The molecule has 1 fully saturated rings. The minimum atomic E-state index is -0.270. The van der Waals surface area contributed by atoms with E-state index in [0.29, 0.717) is 24.0 Å². The predicted molar refractivity (Wildman–Crippen MR) is 60.7 cm³/mol. The first-order chi connectivity index (χ1) is 7.76. The lowest BCUT2D eigenvalue weighted by atomic mass is 10.0. The quantitative estimate of drug-likeness (QED) is 0.865. The second-order valence-electron chi connectivity index (χ2n) is 3.76. The van der Waals surface area contributed by atoms with Gasteiger partial charge in [0, 0.05) is 26.7 Å². The number of halogens is 1. The van der Waals surface area contributed by atoms with Crippen molar-refractivity contribution in [2.24, 2.45) is 0 Å². The molecule has 2 rings (SSSR count). The third-order valence-corrected chi connectivity index (χ3v) is 3.02. The number of rotatable bonds is 4. The fraction of sp³-hybridized carbons (Fsp3) is 0.600. The normalized spacial score (nSPS) is 24.6. The van der Waals surface area contributed by atoms with Gasteiger partial charge in [0.15, 0.2) is 0 Å². The number of anilines is 1. The zero-order valence-corrected chi connectivity index (χ0v) is 9.83. The van der Waals surface area contributed by atoms with E-state index in [0.717, 1.165) is 13.0 Å². The average molecular weight is 244 g/mol. The fourth-order valence-corrected chi connectivity index (χ4v) is 1.82. The molecular weight excluding hydrogens is 230 g/mol. The molecule has 16 heavy (non-hydrogen) atoms. The standard InChI is InChI=1S/C10H14ClN3O2/c1-15-10(2-3-16-6-10)5-13-9-8(11)4-12-7-14-9/h4,7H,2-3,5-6H2,1H3,(H,12,13,14). The van der Waals surface area contributed by atoms with E-state index >= 15 is 0 Å². The SMILES string of the molecule is COC1(CNc2ncncc2Cl)CCOC1. The van der Waals surface area contributed by atoms with Gasteiger partial charge in [0.25, 0.3) is 0 Å². The van der Waals surface area contributed by atoms with Gasteiger partial charge in [0.1, 0.15) is 22.8 Å². The molecule has 1 unspecified atom stereocenters. The van der Waals surface area contributed by atoms with E-state index in [-0.39, 0.29) is 5.60 Å². The van der Waals surface area contributed by atoms with Crippen molar-refractivity contribution in [1.29, 1.82) is 0 Å². The average Bonchev–Trinajstić information content (AvgIpc) is 2.78. The second kappa shape index (κ2) is 4.95. The molecule has 0 aromatic carbocycles.